The minimum absolute atomic E-state index is 0.378. The second kappa shape index (κ2) is 5.85. The van der Waals surface area contributed by atoms with Gasteiger partial charge in [-0.3, -0.25) is 0 Å². The molecule has 0 unspecified atom stereocenters. The van der Waals surface area contributed by atoms with Crippen LogP contribution in [-0.2, 0) is 6.54 Å². The first kappa shape index (κ1) is 13.6. The van der Waals surface area contributed by atoms with Crippen molar-refractivity contribution in [3.63, 3.8) is 0 Å². The molecule has 102 valence electrons. The number of nitrogens with zero attached hydrogens (tertiary/aromatic N) is 3. The lowest BCUT2D eigenvalue weighted by Gasteiger charge is -2.37. The highest BCUT2D eigenvalue weighted by Crippen LogP contribution is 2.33. The summed E-state index contributed by atoms with van der Waals surface area (Å²) >= 11 is 0. The highest BCUT2D eigenvalue weighted by molar-refractivity contribution is 4.95. The molecule has 1 aliphatic carbocycles. The Bertz CT molecular complexity index is 339. The third-order valence-corrected chi connectivity index (χ3v) is 4.31. The first-order valence-corrected chi connectivity index (χ1v) is 6.99. The summed E-state index contributed by atoms with van der Waals surface area (Å²) in [6.07, 6.45) is 11.1. The average Bonchev–Trinajstić information content (AvgIpc) is 2.97. The van der Waals surface area contributed by atoms with Crippen molar-refractivity contribution < 1.29 is 0 Å². The maximum atomic E-state index is 4.08. The van der Waals surface area contributed by atoms with Crippen LogP contribution in [0.5, 0.6) is 0 Å². The monoisotopic (exact) mass is 250 g/mol. The van der Waals surface area contributed by atoms with E-state index in [1.807, 2.05) is 18.7 Å². The van der Waals surface area contributed by atoms with Crippen molar-refractivity contribution in [1.29, 1.82) is 0 Å². The highest BCUT2D eigenvalue weighted by Gasteiger charge is 2.35. The van der Waals surface area contributed by atoms with E-state index in [-0.39, 0.29) is 0 Å². The van der Waals surface area contributed by atoms with Crippen LogP contribution in [0.15, 0.2) is 18.7 Å². The zero-order valence-corrected chi connectivity index (χ0v) is 11.9. The lowest BCUT2D eigenvalue weighted by atomic mass is 9.95. The number of hydrogen-bond donors (Lipinski definition) is 1. The molecule has 0 amide bonds. The van der Waals surface area contributed by atoms with Crippen LogP contribution < -0.4 is 5.32 Å². The Morgan fingerprint density at radius 1 is 1.39 bits per heavy atom. The average molecular weight is 250 g/mol. The van der Waals surface area contributed by atoms with Gasteiger partial charge in [0, 0.05) is 37.1 Å². The van der Waals surface area contributed by atoms with Crippen molar-refractivity contribution in [3.8, 4) is 0 Å². The fraction of sp³-hybridized carbons (Fsp3) is 0.786. The number of likely N-dealkylation sites (N-methyl/N-ethyl adjacent to an activating group) is 1. The topological polar surface area (TPSA) is 33.1 Å². The molecule has 1 fully saturated rings. The van der Waals surface area contributed by atoms with Crippen LogP contribution in [0.3, 0.4) is 0 Å². The number of hydrogen-bond acceptors (Lipinski definition) is 3. The number of rotatable bonds is 6. The summed E-state index contributed by atoms with van der Waals surface area (Å²) in [5, 5.41) is 3.69. The smallest absolute Gasteiger partial charge is 0.0946 e. The van der Waals surface area contributed by atoms with Gasteiger partial charge in [0.1, 0.15) is 0 Å². The first-order valence-electron chi connectivity index (χ1n) is 6.99. The molecule has 2 rings (SSSR count). The van der Waals surface area contributed by atoms with Crippen molar-refractivity contribution >= 4 is 0 Å². The zero-order valence-electron chi connectivity index (χ0n) is 11.9. The summed E-state index contributed by atoms with van der Waals surface area (Å²) in [6, 6.07) is 0.483. The second-order valence-electron chi connectivity index (χ2n) is 5.87. The molecule has 1 aliphatic rings. The van der Waals surface area contributed by atoms with Crippen LogP contribution in [0.4, 0.5) is 0 Å². The van der Waals surface area contributed by atoms with Crippen molar-refractivity contribution in [1.82, 2.24) is 19.8 Å². The molecule has 1 N–H and O–H groups in total. The molecule has 1 heterocycles. The number of imidazole rings is 1. The van der Waals surface area contributed by atoms with E-state index in [4.69, 9.17) is 0 Å². The van der Waals surface area contributed by atoms with E-state index in [0.717, 1.165) is 13.1 Å². The Kier molecular flexibility index (Phi) is 4.40. The number of aromatic nitrogens is 2. The van der Waals surface area contributed by atoms with Gasteiger partial charge in [0.15, 0.2) is 0 Å². The molecule has 4 heteroatoms. The van der Waals surface area contributed by atoms with E-state index in [9.17, 15) is 0 Å². The Balaban J connectivity index is 1.82. The van der Waals surface area contributed by atoms with E-state index < -0.39 is 0 Å². The van der Waals surface area contributed by atoms with Crippen LogP contribution >= 0.6 is 0 Å². The van der Waals surface area contributed by atoms with Crippen LogP contribution in [0.25, 0.3) is 0 Å². The molecule has 0 aliphatic heterocycles. The molecule has 18 heavy (non-hydrogen) atoms. The van der Waals surface area contributed by atoms with Gasteiger partial charge in [-0.1, -0.05) is 12.8 Å². The zero-order chi connectivity index (χ0) is 13.0. The quantitative estimate of drug-likeness (QED) is 0.835. The molecule has 4 nitrogen and oxygen atoms in total. The molecule has 1 aromatic rings. The minimum atomic E-state index is 0.378. The van der Waals surface area contributed by atoms with Gasteiger partial charge >= 0.3 is 0 Å². The van der Waals surface area contributed by atoms with E-state index >= 15 is 0 Å². The molecule has 1 atom stereocenters. The first-order chi connectivity index (χ1) is 8.62. The fourth-order valence-electron chi connectivity index (χ4n) is 2.95. The maximum absolute atomic E-state index is 4.08. The second-order valence-corrected chi connectivity index (χ2v) is 5.87. The molecule has 1 aromatic heterocycles. The third-order valence-electron chi connectivity index (χ3n) is 4.31. The normalized spacial score (nSPS) is 20.4. The standard InChI is InChI=1S/C14H26N4/c1-13(10-18-9-8-15-12-18)16-11-14(17(2)3)6-4-5-7-14/h8-9,12-13,16H,4-7,10-11H2,1-3H3/t13-/m1/s1. The lowest BCUT2D eigenvalue weighted by molar-refractivity contribution is 0.148. The molecule has 0 saturated heterocycles. The molecular formula is C14H26N4. The van der Waals surface area contributed by atoms with Gasteiger partial charge < -0.3 is 14.8 Å². The van der Waals surface area contributed by atoms with E-state index in [1.54, 1.807) is 0 Å². The van der Waals surface area contributed by atoms with E-state index in [2.05, 4.69) is 40.8 Å². The maximum Gasteiger partial charge on any atom is 0.0946 e. The largest absolute Gasteiger partial charge is 0.336 e. The summed E-state index contributed by atoms with van der Waals surface area (Å²) in [4.78, 5) is 6.50. The Morgan fingerprint density at radius 3 is 2.67 bits per heavy atom. The lowest BCUT2D eigenvalue weighted by Crippen LogP contribution is -2.51. The predicted molar refractivity (Wildman–Crippen MR) is 74.6 cm³/mol. The Hall–Kier alpha value is -0.870. The van der Waals surface area contributed by atoms with Gasteiger partial charge in [0.05, 0.1) is 6.33 Å². The molecule has 0 radical (unpaired) electrons. The van der Waals surface area contributed by atoms with E-state index in [0.29, 0.717) is 11.6 Å². The Morgan fingerprint density at radius 2 is 2.11 bits per heavy atom. The Labute approximate surface area is 110 Å². The molecule has 0 aromatic carbocycles. The van der Waals surface area contributed by atoms with Gasteiger partial charge in [0.2, 0.25) is 0 Å². The van der Waals surface area contributed by atoms with Gasteiger partial charge in [0.25, 0.3) is 0 Å². The van der Waals surface area contributed by atoms with Gasteiger partial charge in [-0.15, -0.1) is 0 Å². The minimum Gasteiger partial charge on any atom is -0.336 e. The van der Waals surface area contributed by atoms with Crippen LogP contribution in [0.2, 0.25) is 0 Å². The summed E-state index contributed by atoms with van der Waals surface area (Å²) in [6.45, 7) is 4.33. The fourth-order valence-corrected chi connectivity index (χ4v) is 2.95. The van der Waals surface area contributed by atoms with Crippen molar-refractivity contribution in [3.05, 3.63) is 18.7 Å². The summed E-state index contributed by atoms with van der Waals surface area (Å²) in [7, 11) is 4.43. The van der Waals surface area contributed by atoms with Crippen molar-refractivity contribution in [2.45, 2.75) is 50.7 Å². The third kappa shape index (κ3) is 3.12. The summed E-state index contributed by atoms with van der Waals surface area (Å²) in [5.41, 5.74) is 0.378. The molecule has 0 spiro atoms. The number of nitrogens with one attached hydrogen (secondary N) is 1. The van der Waals surface area contributed by atoms with Crippen LogP contribution in [0, 0.1) is 0 Å². The molecular weight excluding hydrogens is 224 g/mol. The van der Waals surface area contributed by atoms with Gasteiger partial charge in [-0.2, -0.15) is 0 Å². The van der Waals surface area contributed by atoms with Gasteiger partial charge in [-0.05, 0) is 33.9 Å². The van der Waals surface area contributed by atoms with Crippen LogP contribution in [0.1, 0.15) is 32.6 Å². The summed E-state index contributed by atoms with van der Waals surface area (Å²) in [5.74, 6) is 0. The molecule has 0 bridgehead atoms. The molecule has 1 saturated carbocycles. The van der Waals surface area contributed by atoms with Crippen molar-refractivity contribution in [2.24, 2.45) is 0 Å². The van der Waals surface area contributed by atoms with Gasteiger partial charge in [-0.25, -0.2) is 4.98 Å². The SMILES string of the molecule is C[C@H](Cn1ccnc1)NCC1(N(C)C)CCCC1. The summed E-state index contributed by atoms with van der Waals surface area (Å²) < 4.78 is 2.13. The highest BCUT2D eigenvalue weighted by atomic mass is 15.2. The van der Waals surface area contributed by atoms with Crippen molar-refractivity contribution in [2.75, 3.05) is 20.6 Å². The van der Waals surface area contributed by atoms with E-state index in [1.165, 1.54) is 25.7 Å². The van der Waals surface area contributed by atoms with Crippen LogP contribution in [-0.4, -0.2) is 46.7 Å². The predicted octanol–water partition coefficient (Wildman–Crippen LogP) is 1.74.